The summed E-state index contributed by atoms with van der Waals surface area (Å²) in [7, 11) is -1.72. The lowest BCUT2D eigenvalue weighted by molar-refractivity contribution is 0.291. The average Bonchev–Trinajstić information content (AvgIpc) is 2.37. The molecule has 0 saturated carbocycles. The first kappa shape index (κ1) is 14.4. The summed E-state index contributed by atoms with van der Waals surface area (Å²) >= 11 is 0. The summed E-state index contributed by atoms with van der Waals surface area (Å²) in [5.74, 6) is 0. The lowest BCUT2D eigenvalue weighted by Gasteiger charge is -2.31. The number of hydrogen-bond donors (Lipinski definition) is 1. The molecule has 1 aliphatic heterocycles. The van der Waals surface area contributed by atoms with Crippen LogP contribution in [0, 0.1) is 13.8 Å². The second kappa shape index (κ2) is 5.52. The van der Waals surface area contributed by atoms with Gasteiger partial charge in [-0.15, -0.1) is 0 Å². The van der Waals surface area contributed by atoms with Crippen LogP contribution in [0.2, 0.25) is 0 Å². The molecule has 0 unspecified atom stereocenters. The van der Waals surface area contributed by atoms with Gasteiger partial charge in [-0.1, -0.05) is 0 Å². The zero-order chi connectivity index (χ0) is 14.0. The predicted molar refractivity (Wildman–Crippen MR) is 72.3 cm³/mol. The first-order valence-corrected chi connectivity index (χ1v) is 7.87. The van der Waals surface area contributed by atoms with Gasteiger partial charge < -0.3 is 5.32 Å². The van der Waals surface area contributed by atoms with Gasteiger partial charge in [-0.05, 0) is 39.8 Å². The summed E-state index contributed by atoms with van der Waals surface area (Å²) in [6.45, 7) is 4.58. The van der Waals surface area contributed by atoms with Crippen molar-refractivity contribution >= 4 is 10.0 Å². The quantitative estimate of drug-likeness (QED) is 0.816. The summed E-state index contributed by atoms with van der Waals surface area (Å²) in [4.78, 5) is 8.14. The Balaban J connectivity index is 2.31. The zero-order valence-electron chi connectivity index (χ0n) is 11.5. The van der Waals surface area contributed by atoms with E-state index in [1.807, 2.05) is 7.05 Å². The molecule has 1 fully saturated rings. The number of aryl methyl sites for hydroxylation is 2. The molecule has 1 saturated heterocycles. The van der Waals surface area contributed by atoms with Crippen molar-refractivity contribution in [1.29, 1.82) is 0 Å². The lowest BCUT2D eigenvalue weighted by Crippen LogP contribution is -2.47. The van der Waals surface area contributed by atoms with E-state index in [2.05, 4.69) is 15.3 Å². The molecule has 7 heteroatoms. The Labute approximate surface area is 114 Å². The van der Waals surface area contributed by atoms with Crippen molar-refractivity contribution in [2.24, 2.45) is 0 Å². The molecule has 0 bridgehead atoms. The van der Waals surface area contributed by atoms with Crippen molar-refractivity contribution in [3.63, 3.8) is 0 Å². The van der Waals surface area contributed by atoms with Crippen molar-refractivity contribution in [3.8, 4) is 0 Å². The molecular formula is C12H20N4O2S. The smallest absolute Gasteiger partial charge is 0.278 e. The third-order valence-electron chi connectivity index (χ3n) is 3.32. The predicted octanol–water partition coefficient (Wildman–Crippen LogP) is 0.466. The van der Waals surface area contributed by atoms with Gasteiger partial charge in [-0.3, -0.25) is 0 Å². The van der Waals surface area contributed by atoms with E-state index in [1.165, 1.54) is 4.31 Å². The molecule has 19 heavy (non-hydrogen) atoms. The van der Waals surface area contributed by atoms with E-state index in [-0.39, 0.29) is 11.2 Å². The number of hydrogen-bond acceptors (Lipinski definition) is 5. The van der Waals surface area contributed by atoms with Crippen LogP contribution in [-0.2, 0) is 10.0 Å². The molecule has 0 aliphatic carbocycles. The maximum atomic E-state index is 12.5. The Bertz CT molecular complexity index is 539. The highest BCUT2D eigenvalue weighted by Crippen LogP contribution is 2.18. The molecule has 2 rings (SSSR count). The Morgan fingerprint density at radius 1 is 1.32 bits per heavy atom. The van der Waals surface area contributed by atoms with E-state index in [0.717, 1.165) is 12.8 Å². The summed E-state index contributed by atoms with van der Waals surface area (Å²) in [6.07, 6.45) is 1.85. The molecule has 6 nitrogen and oxygen atoms in total. The first-order valence-electron chi connectivity index (χ1n) is 6.43. The molecule has 0 aromatic carbocycles. The van der Waals surface area contributed by atoms with Gasteiger partial charge in [-0.25, -0.2) is 18.4 Å². The molecular weight excluding hydrogens is 264 g/mol. The Hall–Kier alpha value is -1.05. The molecule has 1 atom stereocenters. The highest BCUT2D eigenvalue weighted by atomic mass is 32.2. The van der Waals surface area contributed by atoms with Crippen molar-refractivity contribution < 1.29 is 8.42 Å². The number of likely N-dealkylation sites (N-methyl/N-ethyl adjacent to an activating group) is 1. The van der Waals surface area contributed by atoms with Gasteiger partial charge in [-0.2, -0.15) is 4.31 Å². The second-order valence-corrected chi connectivity index (χ2v) is 6.76. The van der Waals surface area contributed by atoms with Crippen molar-refractivity contribution in [3.05, 3.63) is 17.5 Å². The highest BCUT2D eigenvalue weighted by molar-refractivity contribution is 7.88. The van der Waals surface area contributed by atoms with Crippen LogP contribution in [-0.4, -0.2) is 48.9 Å². The summed E-state index contributed by atoms with van der Waals surface area (Å²) in [5.41, 5.74) is 1.35. The number of sulfonamides is 1. The van der Waals surface area contributed by atoms with Crippen molar-refractivity contribution in [1.82, 2.24) is 19.6 Å². The minimum absolute atomic E-state index is 0.0817. The molecule has 106 valence electrons. The first-order chi connectivity index (χ1) is 8.93. The molecule has 1 aromatic heterocycles. The van der Waals surface area contributed by atoms with Crippen LogP contribution in [0.1, 0.15) is 24.2 Å². The van der Waals surface area contributed by atoms with Crippen LogP contribution in [0.15, 0.2) is 11.2 Å². The topological polar surface area (TPSA) is 75.2 Å². The normalized spacial score (nSPS) is 21.5. The molecule has 0 amide bonds. The third kappa shape index (κ3) is 3.10. The fraction of sp³-hybridized carbons (Fsp3) is 0.667. The van der Waals surface area contributed by atoms with E-state index in [0.29, 0.717) is 24.5 Å². The molecule has 1 aliphatic rings. The number of nitrogens with zero attached hydrogens (tertiary/aromatic N) is 3. The van der Waals surface area contributed by atoms with E-state index < -0.39 is 10.0 Å². The second-order valence-electron chi connectivity index (χ2n) is 4.92. The molecule has 1 N–H and O–H groups in total. The standard InChI is InChI=1S/C12H20N4O2S/c1-9-7-10(2)15-12(14-9)19(17,18)16-6-4-5-11(8-16)13-3/h7,11,13H,4-6,8H2,1-3H3/t11-/m1/s1. The zero-order valence-corrected chi connectivity index (χ0v) is 12.4. The largest absolute Gasteiger partial charge is 0.316 e. The third-order valence-corrected chi connectivity index (χ3v) is 4.98. The maximum absolute atomic E-state index is 12.5. The van der Waals surface area contributed by atoms with Gasteiger partial charge in [0, 0.05) is 30.5 Å². The fourth-order valence-electron chi connectivity index (χ4n) is 2.32. The molecule has 1 aromatic rings. The van der Waals surface area contributed by atoms with Crippen LogP contribution < -0.4 is 5.32 Å². The number of nitrogens with one attached hydrogen (secondary N) is 1. The van der Waals surface area contributed by atoms with Crippen LogP contribution in [0.5, 0.6) is 0 Å². The molecule has 0 radical (unpaired) electrons. The van der Waals surface area contributed by atoms with Gasteiger partial charge >= 0.3 is 0 Å². The SMILES string of the molecule is CN[C@@H]1CCCN(S(=O)(=O)c2nc(C)cc(C)n2)C1. The van der Waals surface area contributed by atoms with Gasteiger partial charge in [0.05, 0.1) is 0 Å². The minimum Gasteiger partial charge on any atom is -0.316 e. The highest BCUT2D eigenvalue weighted by Gasteiger charge is 2.31. The van der Waals surface area contributed by atoms with Gasteiger partial charge in [0.25, 0.3) is 15.2 Å². The van der Waals surface area contributed by atoms with Crippen LogP contribution in [0.4, 0.5) is 0 Å². The van der Waals surface area contributed by atoms with Crippen LogP contribution in [0.3, 0.4) is 0 Å². The van der Waals surface area contributed by atoms with E-state index in [4.69, 9.17) is 0 Å². The Kier molecular flexibility index (Phi) is 4.17. The van der Waals surface area contributed by atoms with E-state index in [1.54, 1.807) is 19.9 Å². The van der Waals surface area contributed by atoms with E-state index in [9.17, 15) is 8.42 Å². The maximum Gasteiger partial charge on any atom is 0.278 e. The number of rotatable bonds is 3. The van der Waals surface area contributed by atoms with Crippen LogP contribution >= 0.6 is 0 Å². The lowest BCUT2D eigenvalue weighted by atomic mass is 10.1. The van der Waals surface area contributed by atoms with Crippen LogP contribution in [0.25, 0.3) is 0 Å². The van der Waals surface area contributed by atoms with Gasteiger partial charge in [0.2, 0.25) is 0 Å². The number of aromatic nitrogens is 2. The summed E-state index contributed by atoms with van der Waals surface area (Å²) in [5, 5.41) is 3.05. The molecule has 2 heterocycles. The average molecular weight is 284 g/mol. The van der Waals surface area contributed by atoms with Crippen molar-refractivity contribution in [2.45, 2.75) is 37.9 Å². The summed E-state index contributed by atoms with van der Waals surface area (Å²) in [6, 6.07) is 1.97. The Morgan fingerprint density at radius 2 is 1.95 bits per heavy atom. The van der Waals surface area contributed by atoms with Gasteiger partial charge in [0.15, 0.2) is 0 Å². The molecule has 0 spiro atoms. The minimum atomic E-state index is -3.58. The number of piperidine rings is 1. The van der Waals surface area contributed by atoms with Gasteiger partial charge in [0.1, 0.15) is 0 Å². The monoisotopic (exact) mass is 284 g/mol. The van der Waals surface area contributed by atoms with Crippen molar-refractivity contribution in [2.75, 3.05) is 20.1 Å². The summed E-state index contributed by atoms with van der Waals surface area (Å²) < 4.78 is 26.5. The Morgan fingerprint density at radius 3 is 2.53 bits per heavy atom. The van der Waals surface area contributed by atoms with E-state index >= 15 is 0 Å². The fourth-order valence-corrected chi connectivity index (χ4v) is 3.82.